The van der Waals surface area contributed by atoms with Crippen LogP contribution in [0.3, 0.4) is 0 Å². The number of hydrogen-bond acceptors (Lipinski definition) is 4. The third-order valence-electron chi connectivity index (χ3n) is 3.82. The van der Waals surface area contributed by atoms with Crippen molar-refractivity contribution in [2.24, 2.45) is 0 Å². The third kappa shape index (κ3) is 6.84. The lowest BCUT2D eigenvalue weighted by Gasteiger charge is -2.05. The van der Waals surface area contributed by atoms with E-state index in [9.17, 15) is 19.2 Å². The Morgan fingerprint density at radius 1 is 0.571 bits per heavy atom. The molecule has 0 spiro atoms. The minimum atomic E-state index is -1.16. The van der Waals surface area contributed by atoms with Crippen LogP contribution < -0.4 is 0 Å². The van der Waals surface area contributed by atoms with Crippen LogP contribution in [0.2, 0.25) is 0 Å². The molecular weight excluding hydrogens is 360 g/mol. The van der Waals surface area contributed by atoms with E-state index in [0.29, 0.717) is 0 Å². The molecule has 0 atom stereocenters. The van der Waals surface area contributed by atoms with Crippen LogP contribution in [0.15, 0.2) is 72.8 Å². The zero-order valence-corrected chi connectivity index (χ0v) is 14.9. The number of carboxylic acids is 2. The Morgan fingerprint density at radius 3 is 1.18 bits per heavy atom. The van der Waals surface area contributed by atoms with Crippen molar-refractivity contribution in [1.29, 1.82) is 0 Å². The minimum absolute atomic E-state index is 0.120. The number of rotatable bonds is 9. The lowest BCUT2D eigenvalue weighted by Crippen LogP contribution is -2.00. The Kier molecular flexibility index (Phi) is 7.16. The van der Waals surface area contributed by atoms with E-state index in [0.717, 1.165) is 46.6 Å². The average molecular weight is 378 g/mol. The fraction of sp³-hybridized carbons (Fsp3) is 0.0909. The molecule has 142 valence electrons. The predicted molar refractivity (Wildman–Crippen MR) is 103 cm³/mol. The van der Waals surface area contributed by atoms with Gasteiger partial charge in [-0.05, 0) is 34.4 Å². The third-order valence-corrected chi connectivity index (χ3v) is 3.82. The summed E-state index contributed by atoms with van der Waals surface area (Å²) in [7, 11) is 0. The van der Waals surface area contributed by atoms with E-state index < -0.39 is 11.9 Å². The van der Waals surface area contributed by atoms with Crippen molar-refractivity contribution in [2.45, 2.75) is 12.8 Å². The first kappa shape index (κ1) is 20.5. The molecule has 2 rings (SSSR count). The fourth-order valence-electron chi connectivity index (χ4n) is 2.48. The van der Waals surface area contributed by atoms with Gasteiger partial charge in [-0.1, -0.05) is 48.5 Å². The maximum Gasteiger partial charge on any atom is 0.328 e. The van der Waals surface area contributed by atoms with Crippen molar-refractivity contribution >= 4 is 23.5 Å². The highest BCUT2D eigenvalue weighted by Crippen LogP contribution is 2.21. The summed E-state index contributed by atoms with van der Waals surface area (Å²) in [6, 6.07) is 14.6. The zero-order valence-electron chi connectivity index (χ0n) is 14.9. The van der Waals surface area contributed by atoms with Crippen LogP contribution in [0.5, 0.6) is 0 Å². The highest BCUT2D eigenvalue weighted by Gasteiger charge is 2.04. The second kappa shape index (κ2) is 9.78. The quantitative estimate of drug-likeness (QED) is 0.650. The van der Waals surface area contributed by atoms with Crippen LogP contribution in [0, 0.1) is 0 Å². The molecule has 2 aromatic rings. The van der Waals surface area contributed by atoms with Crippen LogP contribution >= 0.6 is 0 Å². The van der Waals surface area contributed by atoms with Crippen LogP contribution in [-0.4, -0.2) is 33.7 Å². The summed E-state index contributed by atoms with van der Waals surface area (Å²) in [6.45, 7) is 0. The van der Waals surface area contributed by atoms with E-state index >= 15 is 0 Å². The number of aliphatic carboxylic acids is 2. The predicted octanol–water partition coefficient (Wildman–Crippen LogP) is 2.86. The maximum atomic E-state index is 11.7. The summed E-state index contributed by atoms with van der Waals surface area (Å²) in [5.41, 5.74) is 3.41. The standard InChI is InChI=1S/C22H18O6/c23-19(9-11-21(25)26)13-15-1-5-17(6-2-15)18-7-3-16(4-8-18)14-20(24)10-12-22(27)28/h1-12H,13-14H2,(H,25,26)(H,27,28)/b11-9+,12-10+. The van der Waals surface area contributed by atoms with Gasteiger partial charge in [-0.2, -0.15) is 0 Å². The van der Waals surface area contributed by atoms with Gasteiger partial charge in [0.05, 0.1) is 0 Å². The number of benzene rings is 2. The number of carbonyl (C=O) groups excluding carboxylic acids is 2. The van der Waals surface area contributed by atoms with E-state index in [1.165, 1.54) is 0 Å². The molecule has 0 radical (unpaired) electrons. The first-order valence-electron chi connectivity index (χ1n) is 8.39. The van der Waals surface area contributed by atoms with Crippen molar-refractivity contribution in [1.82, 2.24) is 0 Å². The molecule has 0 heterocycles. The van der Waals surface area contributed by atoms with Crippen molar-refractivity contribution in [3.05, 3.63) is 84.0 Å². The summed E-state index contributed by atoms with van der Waals surface area (Å²) in [5, 5.41) is 17.0. The molecule has 6 nitrogen and oxygen atoms in total. The summed E-state index contributed by atoms with van der Waals surface area (Å²) >= 11 is 0. The van der Waals surface area contributed by atoms with Gasteiger partial charge < -0.3 is 10.2 Å². The summed E-state index contributed by atoms with van der Waals surface area (Å²) in [5.74, 6) is -2.90. The minimum Gasteiger partial charge on any atom is -0.478 e. The highest BCUT2D eigenvalue weighted by molar-refractivity contribution is 5.97. The highest BCUT2D eigenvalue weighted by atomic mass is 16.4. The average Bonchev–Trinajstić information content (AvgIpc) is 2.66. The largest absolute Gasteiger partial charge is 0.478 e. The van der Waals surface area contributed by atoms with Gasteiger partial charge in [0.2, 0.25) is 0 Å². The Balaban J connectivity index is 2.00. The van der Waals surface area contributed by atoms with E-state index in [1.807, 2.05) is 24.3 Å². The zero-order chi connectivity index (χ0) is 20.5. The SMILES string of the molecule is O=C(O)/C=C/C(=O)Cc1ccc(-c2ccc(CC(=O)/C=C/C(=O)O)cc2)cc1. The molecule has 0 aliphatic carbocycles. The molecule has 0 fully saturated rings. The van der Waals surface area contributed by atoms with Crippen LogP contribution in [-0.2, 0) is 32.0 Å². The van der Waals surface area contributed by atoms with Crippen molar-refractivity contribution in [2.75, 3.05) is 0 Å². The number of carboxylic acid groups (broad SMARTS) is 2. The normalized spacial score (nSPS) is 11.0. The van der Waals surface area contributed by atoms with Crippen LogP contribution in [0.1, 0.15) is 11.1 Å². The van der Waals surface area contributed by atoms with Gasteiger partial charge >= 0.3 is 11.9 Å². The molecule has 0 saturated heterocycles. The van der Waals surface area contributed by atoms with E-state index in [2.05, 4.69) is 0 Å². The Hall–Kier alpha value is -3.80. The van der Waals surface area contributed by atoms with Crippen LogP contribution in [0.4, 0.5) is 0 Å². The van der Waals surface area contributed by atoms with Gasteiger partial charge in [-0.25, -0.2) is 9.59 Å². The monoisotopic (exact) mass is 378 g/mol. The number of carbonyl (C=O) groups is 4. The lowest BCUT2D eigenvalue weighted by atomic mass is 9.99. The summed E-state index contributed by atoms with van der Waals surface area (Å²) in [6.07, 6.45) is 3.97. The fourth-order valence-corrected chi connectivity index (χ4v) is 2.48. The molecule has 0 aliphatic heterocycles. The summed E-state index contributed by atoms with van der Waals surface area (Å²) < 4.78 is 0. The molecule has 28 heavy (non-hydrogen) atoms. The van der Waals surface area contributed by atoms with Gasteiger partial charge in [0, 0.05) is 25.0 Å². The van der Waals surface area contributed by atoms with Gasteiger partial charge in [0.1, 0.15) is 0 Å². The van der Waals surface area contributed by atoms with Gasteiger partial charge in [0.15, 0.2) is 11.6 Å². The Bertz CT molecular complexity index is 854. The second-order valence-electron chi connectivity index (χ2n) is 6.02. The maximum absolute atomic E-state index is 11.7. The first-order chi connectivity index (χ1) is 13.3. The van der Waals surface area contributed by atoms with Crippen molar-refractivity contribution in [3.63, 3.8) is 0 Å². The topological polar surface area (TPSA) is 109 Å². The van der Waals surface area contributed by atoms with E-state index in [4.69, 9.17) is 10.2 Å². The van der Waals surface area contributed by atoms with Gasteiger partial charge in [0.25, 0.3) is 0 Å². The Labute approximate surface area is 161 Å². The first-order valence-corrected chi connectivity index (χ1v) is 8.39. The molecular formula is C22H18O6. The molecule has 0 aromatic heterocycles. The molecule has 2 N–H and O–H groups in total. The number of ketones is 2. The van der Waals surface area contributed by atoms with Crippen molar-refractivity contribution in [3.8, 4) is 11.1 Å². The van der Waals surface area contributed by atoms with Gasteiger partial charge in [-0.3, -0.25) is 9.59 Å². The second-order valence-corrected chi connectivity index (χ2v) is 6.02. The van der Waals surface area contributed by atoms with E-state index in [-0.39, 0.29) is 24.4 Å². The van der Waals surface area contributed by atoms with Gasteiger partial charge in [-0.15, -0.1) is 0 Å². The summed E-state index contributed by atoms with van der Waals surface area (Å²) in [4.78, 5) is 44.2. The molecule has 0 bridgehead atoms. The molecule has 0 amide bonds. The number of allylic oxidation sites excluding steroid dienone is 2. The van der Waals surface area contributed by atoms with Crippen LogP contribution in [0.25, 0.3) is 11.1 Å². The smallest absolute Gasteiger partial charge is 0.328 e. The molecule has 0 saturated carbocycles. The molecule has 0 aliphatic rings. The molecule has 6 heteroatoms. The molecule has 2 aromatic carbocycles. The molecule has 0 unspecified atom stereocenters. The van der Waals surface area contributed by atoms with E-state index in [1.54, 1.807) is 24.3 Å². The lowest BCUT2D eigenvalue weighted by molar-refractivity contribution is -0.132. The number of hydrogen-bond donors (Lipinski definition) is 2. The Morgan fingerprint density at radius 2 is 0.893 bits per heavy atom. The van der Waals surface area contributed by atoms with Crippen molar-refractivity contribution < 1.29 is 29.4 Å².